The number of amides is 2. The van der Waals surface area contributed by atoms with Crippen LogP contribution in [0.3, 0.4) is 0 Å². The van der Waals surface area contributed by atoms with Crippen LogP contribution >= 0.6 is 0 Å². The van der Waals surface area contributed by atoms with Gasteiger partial charge in [-0.1, -0.05) is 25.3 Å². The van der Waals surface area contributed by atoms with Crippen LogP contribution in [0.5, 0.6) is 0 Å². The summed E-state index contributed by atoms with van der Waals surface area (Å²) in [6, 6.07) is 3.40. The van der Waals surface area contributed by atoms with Gasteiger partial charge in [0.25, 0.3) is 11.8 Å². The van der Waals surface area contributed by atoms with E-state index in [0.29, 0.717) is 12.1 Å². The van der Waals surface area contributed by atoms with Crippen molar-refractivity contribution in [1.29, 1.82) is 0 Å². The molecule has 0 radical (unpaired) electrons. The molecule has 0 aliphatic heterocycles. The molecule has 112 valence electrons. The third kappa shape index (κ3) is 4.41. The lowest BCUT2D eigenvalue weighted by atomic mass is 9.95. The number of carbonyl (C=O) groups is 2. The lowest BCUT2D eigenvalue weighted by Gasteiger charge is -2.22. The molecule has 1 aliphatic carbocycles. The predicted molar refractivity (Wildman–Crippen MR) is 81.1 cm³/mol. The first-order chi connectivity index (χ1) is 10.2. The van der Waals surface area contributed by atoms with Crippen molar-refractivity contribution in [3.8, 4) is 0 Å². The monoisotopic (exact) mass is 287 g/mol. The summed E-state index contributed by atoms with van der Waals surface area (Å²) in [5.74, 6) is -0.440. The average Bonchev–Trinajstić information content (AvgIpc) is 2.53. The average molecular weight is 287 g/mol. The van der Waals surface area contributed by atoms with E-state index in [1.54, 1.807) is 12.1 Å². The van der Waals surface area contributed by atoms with Crippen LogP contribution in [0.25, 0.3) is 0 Å². The zero-order valence-corrected chi connectivity index (χ0v) is 12.1. The number of nitrogens with one attached hydrogen (secondary N) is 2. The first-order valence-electron chi connectivity index (χ1n) is 7.36. The zero-order chi connectivity index (χ0) is 15.1. The van der Waals surface area contributed by atoms with Crippen molar-refractivity contribution in [3.05, 3.63) is 42.2 Å². The second kappa shape index (κ2) is 7.57. The summed E-state index contributed by atoms with van der Waals surface area (Å²) >= 11 is 0. The van der Waals surface area contributed by atoms with E-state index in [1.165, 1.54) is 18.7 Å². The zero-order valence-electron chi connectivity index (χ0n) is 12.1. The summed E-state index contributed by atoms with van der Waals surface area (Å²) in [6.45, 7) is 3.91. The Morgan fingerprint density at radius 2 is 2.05 bits per heavy atom. The second-order valence-electron chi connectivity index (χ2n) is 5.24. The Hall–Kier alpha value is -2.17. The molecule has 5 heteroatoms. The number of carbonyl (C=O) groups excluding carboxylic acids is 2. The van der Waals surface area contributed by atoms with Gasteiger partial charge in [0.1, 0.15) is 5.69 Å². The fraction of sp³-hybridized carbons (Fsp3) is 0.438. The van der Waals surface area contributed by atoms with Gasteiger partial charge in [0.05, 0.1) is 0 Å². The van der Waals surface area contributed by atoms with Gasteiger partial charge in [0, 0.05) is 24.3 Å². The highest BCUT2D eigenvalue weighted by atomic mass is 16.2. The van der Waals surface area contributed by atoms with E-state index in [9.17, 15) is 9.59 Å². The minimum Gasteiger partial charge on any atom is -0.349 e. The molecule has 0 aromatic carbocycles. The number of rotatable bonds is 5. The van der Waals surface area contributed by atoms with Crippen molar-refractivity contribution in [2.75, 3.05) is 6.54 Å². The van der Waals surface area contributed by atoms with E-state index >= 15 is 0 Å². The van der Waals surface area contributed by atoms with Crippen LogP contribution in [-0.2, 0) is 0 Å². The van der Waals surface area contributed by atoms with E-state index < -0.39 is 0 Å². The molecule has 2 amide bonds. The molecule has 21 heavy (non-hydrogen) atoms. The highest BCUT2D eigenvalue weighted by Gasteiger charge is 2.17. The summed E-state index contributed by atoms with van der Waals surface area (Å²) < 4.78 is 0. The molecule has 1 heterocycles. The molecular formula is C16H21N3O2. The van der Waals surface area contributed by atoms with Gasteiger partial charge in [-0.05, 0) is 25.0 Å². The largest absolute Gasteiger partial charge is 0.349 e. The maximum absolute atomic E-state index is 12.2. The van der Waals surface area contributed by atoms with E-state index in [-0.39, 0.29) is 23.6 Å². The van der Waals surface area contributed by atoms with E-state index in [0.717, 1.165) is 25.7 Å². The number of aromatic nitrogens is 1. The molecule has 0 bridgehead atoms. The number of nitrogens with zero attached hydrogens (tertiary/aromatic N) is 1. The van der Waals surface area contributed by atoms with E-state index in [2.05, 4.69) is 22.2 Å². The summed E-state index contributed by atoms with van der Waals surface area (Å²) in [7, 11) is 0. The molecule has 2 rings (SSSR count). The second-order valence-corrected chi connectivity index (χ2v) is 5.24. The maximum Gasteiger partial charge on any atom is 0.270 e. The fourth-order valence-electron chi connectivity index (χ4n) is 2.47. The normalized spacial score (nSPS) is 15.2. The van der Waals surface area contributed by atoms with Gasteiger partial charge in [0.15, 0.2) is 0 Å². The molecule has 1 fully saturated rings. The molecular weight excluding hydrogens is 266 g/mol. The molecule has 0 saturated heterocycles. The van der Waals surface area contributed by atoms with Crippen molar-refractivity contribution in [2.24, 2.45) is 0 Å². The van der Waals surface area contributed by atoms with Crippen molar-refractivity contribution >= 4 is 11.8 Å². The molecule has 0 unspecified atom stereocenters. The van der Waals surface area contributed by atoms with Crippen LogP contribution in [0.15, 0.2) is 31.0 Å². The van der Waals surface area contributed by atoms with Gasteiger partial charge in [-0.15, -0.1) is 6.58 Å². The molecule has 1 aromatic heterocycles. The predicted octanol–water partition coefficient (Wildman–Crippen LogP) is 2.06. The molecule has 0 spiro atoms. The topological polar surface area (TPSA) is 71.1 Å². The first-order valence-corrected chi connectivity index (χ1v) is 7.36. The summed E-state index contributed by atoms with van der Waals surface area (Å²) in [5, 5.41) is 5.67. The molecule has 1 saturated carbocycles. The summed E-state index contributed by atoms with van der Waals surface area (Å²) in [4.78, 5) is 28.0. The highest BCUT2D eigenvalue weighted by Crippen LogP contribution is 2.17. The van der Waals surface area contributed by atoms with Crippen LogP contribution in [0.4, 0.5) is 0 Å². The third-order valence-corrected chi connectivity index (χ3v) is 3.60. The standard InChI is InChI=1S/C16H21N3O2/c1-2-9-18-16(21)14-11-12(8-10-17-14)15(20)19-13-6-4-3-5-7-13/h2,8,10-11,13H,1,3-7,9H2,(H,18,21)(H,19,20). The van der Waals surface area contributed by atoms with E-state index in [1.807, 2.05) is 0 Å². The fourth-order valence-corrected chi connectivity index (χ4v) is 2.47. The summed E-state index contributed by atoms with van der Waals surface area (Å²) in [6.07, 6.45) is 8.71. The molecule has 2 N–H and O–H groups in total. The number of hydrogen-bond donors (Lipinski definition) is 2. The Labute approximate surface area is 124 Å². The van der Waals surface area contributed by atoms with Crippen LogP contribution < -0.4 is 10.6 Å². The smallest absolute Gasteiger partial charge is 0.270 e. The van der Waals surface area contributed by atoms with Gasteiger partial charge in [-0.25, -0.2) is 0 Å². The van der Waals surface area contributed by atoms with Crippen molar-refractivity contribution < 1.29 is 9.59 Å². The number of pyridine rings is 1. The first kappa shape index (κ1) is 15.2. The van der Waals surface area contributed by atoms with Crippen molar-refractivity contribution in [3.63, 3.8) is 0 Å². The Kier molecular flexibility index (Phi) is 5.49. The van der Waals surface area contributed by atoms with Gasteiger partial charge in [-0.2, -0.15) is 0 Å². The van der Waals surface area contributed by atoms with Crippen LogP contribution in [0.2, 0.25) is 0 Å². The third-order valence-electron chi connectivity index (χ3n) is 3.60. The van der Waals surface area contributed by atoms with E-state index in [4.69, 9.17) is 0 Å². The maximum atomic E-state index is 12.2. The van der Waals surface area contributed by atoms with Crippen LogP contribution in [-0.4, -0.2) is 29.4 Å². The van der Waals surface area contributed by atoms with Crippen LogP contribution in [0.1, 0.15) is 53.0 Å². The Morgan fingerprint density at radius 3 is 2.76 bits per heavy atom. The van der Waals surface area contributed by atoms with Crippen LogP contribution in [0, 0.1) is 0 Å². The Bertz CT molecular complexity index is 522. The van der Waals surface area contributed by atoms with Crippen molar-refractivity contribution in [2.45, 2.75) is 38.1 Å². The SMILES string of the molecule is C=CCNC(=O)c1cc(C(=O)NC2CCCCC2)ccn1. The lowest BCUT2D eigenvalue weighted by Crippen LogP contribution is -2.36. The quantitative estimate of drug-likeness (QED) is 0.814. The van der Waals surface area contributed by atoms with Gasteiger partial charge in [0.2, 0.25) is 0 Å². The van der Waals surface area contributed by atoms with Gasteiger partial charge >= 0.3 is 0 Å². The Morgan fingerprint density at radius 1 is 1.29 bits per heavy atom. The lowest BCUT2D eigenvalue weighted by molar-refractivity contribution is 0.0927. The number of hydrogen-bond acceptors (Lipinski definition) is 3. The van der Waals surface area contributed by atoms with Crippen molar-refractivity contribution in [1.82, 2.24) is 15.6 Å². The molecule has 5 nitrogen and oxygen atoms in total. The summed E-state index contributed by atoms with van der Waals surface area (Å²) in [5.41, 5.74) is 0.715. The highest BCUT2D eigenvalue weighted by molar-refractivity contribution is 5.98. The molecule has 0 atom stereocenters. The minimum atomic E-state index is -0.304. The Balaban J connectivity index is 2.00. The minimum absolute atomic E-state index is 0.137. The molecule has 1 aliphatic rings. The van der Waals surface area contributed by atoms with Gasteiger partial charge < -0.3 is 10.6 Å². The van der Waals surface area contributed by atoms with Gasteiger partial charge in [-0.3, -0.25) is 14.6 Å². The molecule has 1 aromatic rings.